The SMILES string of the molecule is Cc1cc(C)cc(C2=N/C(=C\c3ccccc3[N+](=O)[O-])C(=O)O2)c1. The minimum atomic E-state index is -0.623. The summed E-state index contributed by atoms with van der Waals surface area (Å²) >= 11 is 0. The van der Waals surface area contributed by atoms with E-state index in [2.05, 4.69) is 4.99 Å². The quantitative estimate of drug-likeness (QED) is 0.374. The van der Waals surface area contributed by atoms with Crippen LogP contribution in [0, 0.1) is 24.0 Å². The van der Waals surface area contributed by atoms with E-state index in [9.17, 15) is 14.9 Å². The summed E-state index contributed by atoms with van der Waals surface area (Å²) in [6.45, 7) is 3.88. The summed E-state index contributed by atoms with van der Waals surface area (Å²) in [6, 6.07) is 11.9. The summed E-state index contributed by atoms with van der Waals surface area (Å²) in [7, 11) is 0. The second-order valence-corrected chi connectivity index (χ2v) is 5.53. The minimum absolute atomic E-state index is 0.0402. The predicted molar refractivity (Wildman–Crippen MR) is 89.6 cm³/mol. The molecule has 0 aromatic heterocycles. The van der Waals surface area contributed by atoms with Crippen LogP contribution >= 0.6 is 0 Å². The summed E-state index contributed by atoms with van der Waals surface area (Å²) < 4.78 is 5.22. The Labute approximate surface area is 138 Å². The highest BCUT2D eigenvalue weighted by molar-refractivity contribution is 6.13. The molecule has 0 amide bonds. The number of aliphatic imine (C=N–C) groups is 1. The number of nitro groups is 1. The van der Waals surface area contributed by atoms with E-state index in [-0.39, 0.29) is 17.3 Å². The normalized spacial score (nSPS) is 15.3. The van der Waals surface area contributed by atoms with Gasteiger partial charge in [-0.2, -0.15) is 0 Å². The van der Waals surface area contributed by atoms with Gasteiger partial charge < -0.3 is 4.74 Å². The number of nitro benzene ring substituents is 1. The molecule has 1 aliphatic heterocycles. The topological polar surface area (TPSA) is 81.8 Å². The van der Waals surface area contributed by atoms with Gasteiger partial charge in [-0.3, -0.25) is 10.1 Å². The van der Waals surface area contributed by atoms with E-state index in [1.807, 2.05) is 32.0 Å². The lowest BCUT2D eigenvalue weighted by Crippen LogP contribution is -2.06. The number of carbonyl (C=O) groups excluding carboxylic acids is 1. The second kappa shape index (κ2) is 6.08. The van der Waals surface area contributed by atoms with Crippen molar-refractivity contribution in [2.45, 2.75) is 13.8 Å². The summed E-state index contributed by atoms with van der Waals surface area (Å²) in [5, 5.41) is 11.1. The van der Waals surface area contributed by atoms with E-state index in [0.29, 0.717) is 11.1 Å². The molecule has 0 atom stereocenters. The number of benzene rings is 2. The van der Waals surface area contributed by atoms with Crippen LogP contribution in [0.5, 0.6) is 0 Å². The lowest BCUT2D eigenvalue weighted by atomic mass is 10.1. The monoisotopic (exact) mass is 322 g/mol. The lowest BCUT2D eigenvalue weighted by Gasteiger charge is -2.03. The van der Waals surface area contributed by atoms with E-state index >= 15 is 0 Å². The molecule has 0 saturated heterocycles. The van der Waals surface area contributed by atoms with Gasteiger partial charge in [0.05, 0.1) is 10.5 Å². The minimum Gasteiger partial charge on any atom is -0.402 e. The molecular formula is C18H14N2O4. The molecule has 24 heavy (non-hydrogen) atoms. The number of nitrogens with zero attached hydrogens (tertiary/aromatic N) is 2. The standard InChI is InChI=1S/C18H14N2O4/c1-11-7-12(2)9-14(8-11)17-19-15(18(21)24-17)10-13-5-3-4-6-16(13)20(22)23/h3-10H,1-2H3/b15-10-. The number of rotatable bonds is 3. The highest BCUT2D eigenvalue weighted by Gasteiger charge is 2.25. The van der Waals surface area contributed by atoms with E-state index < -0.39 is 10.9 Å². The molecule has 1 heterocycles. The molecule has 0 spiro atoms. The zero-order valence-electron chi connectivity index (χ0n) is 13.1. The van der Waals surface area contributed by atoms with Crippen LogP contribution in [0.15, 0.2) is 53.2 Å². The smallest absolute Gasteiger partial charge is 0.363 e. The number of hydrogen-bond acceptors (Lipinski definition) is 5. The van der Waals surface area contributed by atoms with Crippen LogP contribution in [0.4, 0.5) is 5.69 Å². The molecular weight excluding hydrogens is 308 g/mol. The zero-order valence-corrected chi connectivity index (χ0v) is 13.1. The third-order valence-corrected chi connectivity index (χ3v) is 3.51. The number of hydrogen-bond donors (Lipinski definition) is 0. The van der Waals surface area contributed by atoms with Gasteiger partial charge in [0.25, 0.3) is 5.69 Å². The number of para-hydroxylation sites is 1. The van der Waals surface area contributed by atoms with Crippen molar-refractivity contribution in [3.05, 3.63) is 80.5 Å². The second-order valence-electron chi connectivity index (χ2n) is 5.53. The van der Waals surface area contributed by atoms with Gasteiger partial charge in [0.15, 0.2) is 5.70 Å². The Kier molecular flexibility index (Phi) is 3.95. The molecule has 0 bridgehead atoms. The highest BCUT2D eigenvalue weighted by Crippen LogP contribution is 2.24. The third kappa shape index (κ3) is 3.08. The highest BCUT2D eigenvalue weighted by atomic mass is 16.6. The van der Waals surface area contributed by atoms with Gasteiger partial charge in [0, 0.05) is 11.6 Å². The van der Waals surface area contributed by atoms with E-state index in [0.717, 1.165) is 11.1 Å². The van der Waals surface area contributed by atoms with Crippen LogP contribution in [-0.2, 0) is 9.53 Å². The zero-order chi connectivity index (χ0) is 17.3. The Morgan fingerprint density at radius 1 is 1.12 bits per heavy atom. The van der Waals surface area contributed by atoms with E-state index in [1.54, 1.807) is 18.2 Å². The maximum atomic E-state index is 12.0. The number of carbonyl (C=O) groups is 1. The van der Waals surface area contributed by atoms with Gasteiger partial charge in [-0.25, -0.2) is 9.79 Å². The summed E-state index contributed by atoms with van der Waals surface area (Å²) in [4.78, 5) is 26.8. The molecule has 120 valence electrons. The number of ether oxygens (including phenoxy) is 1. The van der Waals surface area contributed by atoms with Gasteiger partial charge in [-0.15, -0.1) is 0 Å². The maximum Gasteiger partial charge on any atom is 0.363 e. The van der Waals surface area contributed by atoms with Crippen LogP contribution in [0.2, 0.25) is 0 Å². The van der Waals surface area contributed by atoms with Crippen molar-refractivity contribution in [3.8, 4) is 0 Å². The molecule has 0 fully saturated rings. The maximum absolute atomic E-state index is 12.0. The predicted octanol–water partition coefficient (Wildman–Crippen LogP) is 3.56. The summed E-state index contributed by atoms with van der Waals surface area (Å²) in [6.07, 6.45) is 1.37. The average molecular weight is 322 g/mol. The van der Waals surface area contributed by atoms with Crippen LogP contribution < -0.4 is 0 Å². The van der Waals surface area contributed by atoms with Crippen molar-refractivity contribution in [2.75, 3.05) is 0 Å². The van der Waals surface area contributed by atoms with Gasteiger partial charge in [-0.1, -0.05) is 29.3 Å². The van der Waals surface area contributed by atoms with Crippen molar-refractivity contribution in [1.82, 2.24) is 0 Å². The molecule has 0 N–H and O–H groups in total. The van der Waals surface area contributed by atoms with Gasteiger partial charge in [0.1, 0.15) is 0 Å². The van der Waals surface area contributed by atoms with Crippen molar-refractivity contribution in [2.24, 2.45) is 4.99 Å². The molecule has 6 nitrogen and oxygen atoms in total. The first-order valence-corrected chi connectivity index (χ1v) is 7.29. The fourth-order valence-electron chi connectivity index (χ4n) is 2.55. The Morgan fingerprint density at radius 2 is 1.79 bits per heavy atom. The van der Waals surface area contributed by atoms with E-state index in [4.69, 9.17) is 4.74 Å². The van der Waals surface area contributed by atoms with Gasteiger partial charge in [-0.05, 0) is 38.1 Å². The van der Waals surface area contributed by atoms with Crippen LogP contribution in [0.25, 0.3) is 6.08 Å². The van der Waals surface area contributed by atoms with E-state index in [1.165, 1.54) is 12.1 Å². The molecule has 0 unspecified atom stereocenters. The summed E-state index contributed by atoms with van der Waals surface area (Å²) in [5.41, 5.74) is 3.01. The van der Waals surface area contributed by atoms with Crippen molar-refractivity contribution in [3.63, 3.8) is 0 Å². The molecule has 2 aromatic rings. The molecule has 3 rings (SSSR count). The molecule has 1 aliphatic rings. The first-order valence-electron chi connectivity index (χ1n) is 7.29. The van der Waals surface area contributed by atoms with Crippen molar-refractivity contribution < 1.29 is 14.5 Å². The number of aryl methyl sites for hydroxylation is 2. The Balaban J connectivity index is 2.02. The Hall–Kier alpha value is -3.28. The molecule has 2 aromatic carbocycles. The largest absolute Gasteiger partial charge is 0.402 e. The number of esters is 1. The van der Waals surface area contributed by atoms with Crippen molar-refractivity contribution >= 4 is 23.6 Å². The first-order chi connectivity index (χ1) is 11.4. The average Bonchev–Trinajstić information content (AvgIpc) is 2.88. The molecule has 0 saturated carbocycles. The number of cyclic esters (lactones) is 1. The van der Waals surface area contributed by atoms with Gasteiger partial charge in [0.2, 0.25) is 5.90 Å². The fourth-order valence-corrected chi connectivity index (χ4v) is 2.55. The van der Waals surface area contributed by atoms with Gasteiger partial charge >= 0.3 is 5.97 Å². The Bertz CT molecular complexity index is 893. The first kappa shape index (κ1) is 15.6. The fraction of sp³-hybridized carbons (Fsp3) is 0.111. The van der Waals surface area contributed by atoms with Crippen LogP contribution in [0.3, 0.4) is 0 Å². The lowest BCUT2D eigenvalue weighted by molar-refractivity contribution is -0.385. The summed E-state index contributed by atoms with van der Waals surface area (Å²) in [5.74, 6) is -0.418. The van der Waals surface area contributed by atoms with Crippen LogP contribution in [-0.4, -0.2) is 16.8 Å². The van der Waals surface area contributed by atoms with Crippen LogP contribution in [0.1, 0.15) is 22.3 Å². The molecule has 6 heteroatoms. The van der Waals surface area contributed by atoms with Crippen molar-refractivity contribution in [1.29, 1.82) is 0 Å². The molecule has 0 aliphatic carbocycles. The Morgan fingerprint density at radius 3 is 2.46 bits per heavy atom. The molecule has 0 radical (unpaired) electrons. The third-order valence-electron chi connectivity index (χ3n) is 3.51.